The molecule has 0 spiro atoms. The van der Waals surface area contributed by atoms with Crippen molar-refractivity contribution in [3.05, 3.63) is 66.0 Å². The maximum atomic E-state index is 14.2. The van der Waals surface area contributed by atoms with Crippen molar-refractivity contribution in [3.8, 4) is 11.4 Å². The van der Waals surface area contributed by atoms with Crippen LogP contribution in [0.5, 0.6) is 0 Å². The van der Waals surface area contributed by atoms with Crippen molar-refractivity contribution in [2.75, 3.05) is 11.9 Å². The van der Waals surface area contributed by atoms with Gasteiger partial charge in [0.1, 0.15) is 18.1 Å². The van der Waals surface area contributed by atoms with Gasteiger partial charge in [0.15, 0.2) is 11.9 Å². The Morgan fingerprint density at radius 1 is 0.839 bits per heavy atom. The minimum Gasteiger partial charge on any atom is -0.381 e. The molecule has 0 radical (unpaired) electrons. The van der Waals surface area contributed by atoms with E-state index >= 15 is 0 Å². The Morgan fingerprint density at radius 3 is 2.25 bits per heavy atom. The lowest BCUT2D eigenvalue weighted by Gasteiger charge is -2.31. The summed E-state index contributed by atoms with van der Waals surface area (Å²) in [6, 6.07) is 11.3. The SMILES string of the molecule is CC(C)[C@H](NC(=O)[C@@H](N)CNC(=O)c1nnn[nH]1)C(=O)N[C@@H](CC1CCCCC1)C(=O)N[C@@H](Cc1ccccc1)[C@@H](O)C(=O)Nc1cccc(-c2nnn[nH]2)c1. The molecule has 1 aliphatic carbocycles. The number of hydrogen-bond donors (Lipinski definition) is 9. The summed E-state index contributed by atoms with van der Waals surface area (Å²) in [6.07, 6.45) is 3.50. The van der Waals surface area contributed by atoms with E-state index in [-0.39, 0.29) is 24.7 Å². The summed E-state index contributed by atoms with van der Waals surface area (Å²) in [7, 11) is 0. The number of nitrogens with two attached hydrogens (primary N) is 1. The maximum absolute atomic E-state index is 14.2. The van der Waals surface area contributed by atoms with Crippen molar-refractivity contribution >= 4 is 35.2 Å². The standard InChI is InChI=1S/C36H48N14O6/c1-20(2)28(42-32(52)25(37)19-38-36(56)31-45-49-50-46-31)34(54)41-27(17-22-12-7-4-8-13-22)33(53)40-26(16-21-10-5-3-6-11-21)29(51)35(55)39-24-15-9-14-23(18-24)30-43-47-48-44-30/h3,5-6,9-11,14-15,18,20,22,25-29,51H,4,7-8,12-13,16-17,19,37H2,1-2H3,(H,38,56)(H,39,55)(H,40,53)(H,41,54)(H,42,52)(H,43,44,47,48)(H,45,46,49,50)/t25-,26-,27-,28-,29+/m0/s1. The van der Waals surface area contributed by atoms with Crippen LogP contribution in [0.3, 0.4) is 0 Å². The van der Waals surface area contributed by atoms with Gasteiger partial charge in [0.2, 0.25) is 23.5 Å². The molecular weight excluding hydrogens is 724 g/mol. The molecule has 0 saturated heterocycles. The molecule has 0 bridgehead atoms. The molecule has 5 rings (SSSR count). The lowest BCUT2D eigenvalue weighted by molar-refractivity contribution is -0.134. The van der Waals surface area contributed by atoms with Crippen LogP contribution in [0.2, 0.25) is 0 Å². The van der Waals surface area contributed by atoms with E-state index in [9.17, 15) is 29.1 Å². The van der Waals surface area contributed by atoms with Gasteiger partial charge in [-0.1, -0.05) is 88.4 Å². The second kappa shape index (κ2) is 20.0. The predicted octanol–water partition coefficient (Wildman–Crippen LogP) is -0.240. The molecule has 0 aliphatic heterocycles. The number of aromatic nitrogens is 8. The molecule has 298 valence electrons. The van der Waals surface area contributed by atoms with Gasteiger partial charge in [0.05, 0.1) is 6.04 Å². The molecule has 10 N–H and O–H groups in total. The van der Waals surface area contributed by atoms with Crippen molar-refractivity contribution in [2.45, 2.75) is 89.1 Å². The summed E-state index contributed by atoms with van der Waals surface area (Å²) in [5.41, 5.74) is 7.76. The number of carbonyl (C=O) groups excluding carboxylic acids is 5. The lowest BCUT2D eigenvalue weighted by Crippen LogP contribution is -2.60. The third kappa shape index (κ3) is 11.7. The van der Waals surface area contributed by atoms with Gasteiger partial charge in [-0.2, -0.15) is 0 Å². The van der Waals surface area contributed by atoms with Crippen LogP contribution in [0.1, 0.15) is 68.6 Å². The minimum atomic E-state index is -1.70. The predicted molar refractivity (Wildman–Crippen MR) is 201 cm³/mol. The monoisotopic (exact) mass is 772 g/mol. The van der Waals surface area contributed by atoms with E-state index in [2.05, 4.69) is 67.8 Å². The average Bonchev–Trinajstić information content (AvgIpc) is 3.95. The Bertz CT molecular complexity index is 1890. The molecule has 2 aromatic carbocycles. The van der Waals surface area contributed by atoms with E-state index in [1.807, 2.05) is 30.3 Å². The van der Waals surface area contributed by atoms with E-state index in [1.165, 1.54) is 0 Å². The molecule has 0 unspecified atom stereocenters. The zero-order valence-corrected chi connectivity index (χ0v) is 31.1. The highest BCUT2D eigenvalue weighted by molar-refractivity contribution is 5.97. The number of nitrogens with one attached hydrogen (secondary N) is 7. The highest BCUT2D eigenvalue weighted by Crippen LogP contribution is 2.28. The molecular formula is C36H48N14O6. The number of nitrogens with zero attached hydrogens (tertiary/aromatic N) is 6. The fraction of sp³-hybridized carbons (Fsp3) is 0.472. The summed E-state index contributed by atoms with van der Waals surface area (Å²) in [5, 5.41) is 51.2. The van der Waals surface area contributed by atoms with Crippen LogP contribution in [-0.4, -0.2) is 113 Å². The number of carbonyl (C=O) groups is 5. The average molecular weight is 773 g/mol. The first-order chi connectivity index (χ1) is 27.0. The molecule has 1 aliphatic rings. The van der Waals surface area contributed by atoms with Crippen LogP contribution >= 0.6 is 0 Å². The summed E-state index contributed by atoms with van der Waals surface area (Å²) in [5.74, 6) is -3.41. The van der Waals surface area contributed by atoms with Crippen LogP contribution in [0.25, 0.3) is 11.4 Å². The van der Waals surface area contributed by atoms with Gasteiger partial charge < -0.3 is 37.4 Å². The van der Waals surface area contributed by atoms with E-state index in [0.29, 0.717) is 23.5 Å². The third-order valence-corrected chi connectivity index (χ3v) is 9.58. The zero-order valence-electron chi connectivity index (χ0n) is 31.1. The number of hydrogen-bond acceptors (Lipinski definition) is 13. The quantitative estimate of drug-likeness (QED) is 0.0632. The minimum absolute atomic E-state index is 0.0983. The Balaban J connectivity index is 1.30. The van der Waals surface area contributed by atoms with Crippen LogP contribution in [-0.2, 0) is 25.6 Å². The van der Waals surface area contributed by atoms with E-state index < -0.39 is 65.7 Å². The van der Waals surface area contributed by atoms with E-state index in [1.54, 1.807) is 38.1 Å². The van der Waals surface area contributed by atoms with E-state index in [4.69, 9.17) is 5.73 Å². The van der Waals surface area contributed by atoms with Gasteiger partial charge in [-0.25, -0.2) is 10.2 Å². The van der Waals surface area contributed by atoms with Gasteiger partial charge in [0, 0.05) is 17.8 Å². The van der Waals surface area contributed by atoms with Crippen molar-refractivity contribution in [1.29, 1.82) is 0 Å². The Kier molecular flexibility index (Phi) is 14.6. The first-order valence-electron chi connectivity index (χ1n) is 18.5. The summed E-state index contributed by atoms with van der Waals surface area (Å²) in [6.45, 7) is 3.19. The number of aliphatic hydroxyl groups is 1. The van der Waals surface area contributed by atoms with E-state index in [0.717, 1.165) is 37.7 Å². The molecule has 56 heavy (non-hydrogen) atoms. The van der Waals surface area contributed by atoms with Crippen LogP contribution < -0.4 is 32.3 Å². The van der Waals surface area contributed by atoms with Crippen LogP contribution in [0, 0.1) is 11.8 Å². The molecule has 4 aromatic rings. The maximum Gasteiger partial charge on any atom is 0.290 e. The summed E-state index contributed by atoms with van der Waals surface area (Å²) in [4.78, 5) is 66.9. The molecule has 5 atom stereocenters. The number of rotatable bonds is 18. The fourth-order valence-electron chi connectivity index (χ4n) is 6.50. The van der Waals surface area contributed by atoms with Crippen molar-refractivity contribution < 1.29 is 29.1 Å². The van der Waals surface area contributed by atoms with Gasteiger partial charge in [-0.05, 0) is 63.2 Å². The van der Waals surface area contributed by atoms with Gasteiger partial charge >= 0.3 is 0 Å². The highest BCUT2D eigenvalue weighted by atomic mass is 16.3. The molecule has 1 fully saturated rings. The Morgan fingerprint density at radius 2 is 1.57 bits per heavy atom. The van der Waals surface area contributed by atoms with Gasteiger partial charge in [-0.3, -0.25) is 24.0 Å². The van der Waals surface area contributed by atoms with Gasteiger partial charge in [0.25, 0.3) is 11.8 Å². The smallest absolute Gasteiger partial charge is 0.290 e. The molecule has 20 nitrogen and oxygen atoms in total. The van der Waals surface area contributed by atoms with Crippen LogP contribution in [0.15, 0.2) is 54.6 Å². The second-order valence-corrected chi connectivity index (χ2v) is 14.2. The highest BCUT2D eigenvalue weighted by Gasteiger charge is 2.35. The molecule has 2 aromatic heterocycles. The van der Waals surface area contributed by atoms with Gasteiger partial charge in [-0.15, -0.1) is 10.2 Å². The number of tetrazole rings is 2. The lowest BCUT2D eigenvalue weighted by atomic mass is 9.84. The number of anilines is 1. The topological polar surface area (TPSA) is 301 Å². The number of benzene rings is 2. The number of aliphatic hydroxyl groups excluding tert-OH is 1. The molecule has 2 heterocycles. The largest absolute Gasteiger partial charge is 0.381 e. The second-order valence-electron chi connectivity index (χ2n) is 14.2. The Labute approximate surface area is 322 Å². The first-order valence-corrected chi connectivity index (χ1v) is 18.5. The van der Waals surface area contributed by atoms with Crippen LogP contribution in [0.4, 0.5) is 5.69 Å². The summed E-state index contributed by atoms with van der Waals surface area (Å²) < 4.78 is 0. The third-order valence-electron chi connectivity index (χ3n) is 9.58. The Hall–Kier alpha value is -6.15. The van der Waals surface area contributed by atoms with Crippen molar-refractivity contribution in [3.63, 3.8) is 0 Å². The number of amides is 5. The summed E-state index contributed by atoms with van der Waals surface area (Å²) >= 11 is 0. The molecule has 1 saturated carbocycles. The van der Waals surface area contributed by atoms with Crippen molar-refractivity contribution in [1.82, 2.24) is 62.5 Å². The molecule has 5 amide bonds. The van der Waals surface area contributed by atoms with Crippen molar-refractivity contribution in [2.24, 2.45) is 17.6 Å². The number of aromatic amines is 2. The molecule has 20 heteroatoms. The first kappa shape index (κ1) is 41.0. The fourth-order valence-corrected chi connectivity index (χ4v) is 6.50. The zero-order chi connectivity index (χ0) is 40.0. The number of H-pyrrole nitrogens is 2. The normalized spacial score (nSPS) is 15.8.